The molecule has 0 aliphatic carbocycles. The molecule has 1 aliphatic heterocycles. The number of alkyl halides is 6. The molecular formula is C28H22F6O2. The second kappa shape index (κ2) is 9.30. The molecule has 3 aromatic rings. The second-order valence-corrected chi connectivity index (χ2v) is 8.80. The molecule has 1 aliphatic rings. The third-order valence-corrected chi connectivity index (χ3v) is 6.20. The molecular weight excluding hydrogens is 482 g/mol. The van der Waals surface area contributed by atoms with Gasteiger partial charge in [-0.25, -0.2) is 0 Å². The van der Waals surface area contributed by atoms with Crippen LogP contribution in [0.25, 0.3) is 0 Å². The van der Waals surface area contributed by atoms with Crippen LogP contribution < -0.4 is 0 Å². The van der Waals surface area contributed by atoms with Gasteiger partial charge in [-0.1, -0.05) is 72.7 Å². The molecule has 0 spiro atoms. The predicted octanol–water partition coefficient (Wildman–Crippen LogP) is 7.50. The van der Waals surface area contributed by atoms with Gasteiger partial charge in [0.05, 0.1) is 18.8 Å². The molecule has 0 saturated heterocycles. The van der Waals surface area contributed by atoms with E-state index >= 15 is 0 Å². The normalized spacial score (nSPS) is 19.2. The highest BCUT2D eigenvalue weighted by atomic mass is 19.4. The van der Waals surface area contributed by atoms with E-state index in [-0.39, 0.29) is 17.7 Å². The smallest absolute Gasteiger partial charge is 0.361 e. The molecule has 188 valence electrons. The first-order chi connectivity index (χ1) is 16.8. The van der Waals surface area contributed by atoms with Gasteiger partial charge in [0, 0.05) is 11.5 Å². The summed E-state index contributed by atoms with van der Waals surface area (Å²) in [5, 5.41) is 0. The molecule has 0 fully saturated rings. The van der Waals surface area contributed by atoms with Gasteiger partial charge in [-0.05, 0) is 42.2 Å². The fraction of sp³-hybridized carbons (Fsp3) is 0.286. The van der Waals surface area contributed by atoms with E-state index in [1.54, 1.807) is 73.7 Å². The quantitative estimate of drug-likeness (QED) is 0.265. The Morgan fingerprint density at radius 3 is 2.08 bits per heavy atom. The molecule has 0 amide bonds. The number of hydrogen-bond acceptors (Lipinski definition) is 2. The summed E-state index contributed by atoms with van der Waals surface area (Å²) in [7, 11) is 0. The number of benzene rings is 3. The molecule has 4 rings (SSSR count). The minimum Gasteiger partial charge on any atom is -0.361 e. The third kappa shape index (κ3) is 5.28. The lowest BCUT2D eigenvalue weighted by atomic mass is 9.83. The maximum Gasteiger partial charge on any atom is 0.457 e. The van der Waals surface area contributed by atoms with E-state index in [1.807, 2.05) is 0 Å². The lowest BCUT2D eigenvalue weighted by molar-refractivity contribution is -0.140. The Hall–Kier alpha value is -3.28. The average Bonchev–Trinajstić information content (AvgIpc) is 3.19. The maximum atomic E-state index is 14.2. The van der Waals surface area contributed by atoms with Crippen molar-refractivity contribution in [1.82, 2.24) is 0 Å². The Morgan fingerprint density at radius 2 is 1.50 bits per heavy atom. The van der Waals surface area contributed by atoms with Crippen LogP contribution in [-0.2, 0) is 40.1 Å². The SMILES string of the molecule is CC(C#CC(F)(F)F)(OCc1cc2c(c(C(F)(F)F)c1)C(C)(c1ccccc1)OC2)c1ccccc1. The van der Waals surface area contributed by atoms with Crippen molar-refractivity contribution in [3.63, 3.8) is 0 Å². The maximum absolute atomic E-state index is 14.2. The standard InChI is InChI=1S/C28H22F6O2/c1-25(13-14-27(29,30)31,21-9-5-3-6-10-21)35-17-19-15-20-18-36-26(2,22-11-7-4-8-12-22)24(20)23(16-19)28(32,33)34/h3-12,15-16H,17-18H2,1-2H3. The summed E-state index contributed by atoms with van der Waals surface area (Å²) in [6.45, 7) is 2.51. The van der Waals surface area contributed by atoms with E-state index in [0.717, 1.165) is 6.07 Å². The van der Waals surface area contributed by atoms with Gasteiger partial charge in [0.1, 0.15) is 5.60 Å². The van der Waals surface area contributed by atoms with E-state index < -0.39 is 35.7 Å². The molecule has 36 heavy (non-hydrogen) atoms. The summed E-state index contributed by atoms with van der Waals surface area (Å²) in [6.07, 6.45) is -9.45. The van der Waals surface area contributed by atoms with Crippen molar-refractivity contribution in [3.05, 3.63) is 106 Å². The van der Waals surface area contributed by atoms with Crippen LogP contribution in [-0.4, -0.2) is 6.18 Å². The van der Waals surface area contributed by atoms with Gasteiger partial charge in [0.2, 0.25) is 0 Å². The molecule has 0 N–H and O–H groups in total. The Bertz CT molecular complexity index is 1290. The van der Waals surface area contributed by atoms with Crippen LogP contribution >= 0.6 is 0 Å². The summed E-state index contributed by atoms with van der Waals surface area (Å²) in [4.78, 5) is 0. The van der Waals surface area contributed by atoms with Crippen molar-refractivity contribution >= 4 is 0 Å². The van der Waals surface area contributed by atoms with Crippen molar-refractivity contribution < 1.29 is 35.8 Å². The van der Waals surface area contributed by atoms with Crippen molar-refractivity contribution in [1.29, 1.82) is 0 Å². The van der Waals surface area contributed by atoms with Crippen LogP contribution in [0, 0.1) is 11.8 Å². The van der Waals surface area contributed by atoms with E-state index in [1.165, 1.54) is 12.8 Å². The second-order valence-electron chi connectivity index (χ2n) is 8.80. The summed E-state index contributed by atoms with van der Waals surface area (Å²) >= 11 is 0. The zero-order valence-electron chi connectivity index (χ0n) is 19.4. The molecule has 0 radical (unpaired) electrons. The predicted molar refractivity (Wildman–Crippen MR) is 122 cm³/mol. The van der Waals surface area contributed by atoms with Crippen molar-refractivity contribution in [2.24, 2.45) is 0 Å². The van der Waals surface area contributed by atoms with Crippen LogP contribution in [0.1, 0.15) is 47.2 Å². The highest BCUT2D eigenvalue weighted by Crippen LogP contribution is 2.48. The number of fused-ring (bicyclic) bond motifs is 1. The largest absolute Gasteiger partial charge is 0.457 e. The molecule has 8 heteroatoms. The summed E-state index contributed by atoms with van der Waals surface area (Å²) in [5.41, 5.74) is -2.44. The molecule has 0 aromatic heterocycles. The molecule has 0 bridgehead atoms. The fourth-order valence-corrected chi connectivity index (χ4v) is 4.40. The fourth-order valence-electron chi connectivity index (χ4n) is 4.40. The number of hydrogen-bond donors (Lipinski definition) is 0. The topological polar surface area (TPSA) is 18.5 Å². The Balaban J connectivity index is 1.74. The Kier molecular flexibility index (Phi) is 6.67. The van der Waals surface area contributed by atoms with Gasteiger partial charge in [0.25, 0.3) is 0 Å². The molecule has 1 heterocycles. The number of rotatable bonds is 5. The average molecular weight is 504 g/mol. The highest BCUT2D eigenvalue weighted by Gasteiger charge is 2.46. The van der Waals surface area contributed by atoms with Crippen LogP contribution in [0.3, 0.4) is 0 Å². The van der Waals surface area contributed by atoms with Crippen molar-refractivity contribution in [2.45, 2.75) is 50.6 Å². The summed E-state index contributed by atoms with van der Waals surface area (Å²) in [6, 6.07) is 19.2. The Morgan fingerprint density at radius 1 is 0.889 bits per heavy atom. The minimum atomic E-state index is -4.75. The highest BCUT2D eigenvalue weighted by molar-refractivity contribution is 5.51. The van der Waals surface area contributed by atoms with Gasteiger partial charge in [-0.2, -0.15) is 26.3 Å². The van der Waals surface area contributed by atoms with Crippen molar-refractivity contribution in [3.8, 4) is 11.8 Å². The monoisotopic (exact) mass is 504 g/mol. The van der Waals surface area contributed by atoms with Gasteiger partial charge in [0.15, 0.2) is 5.60 Å². The van der Waals surface area contributed by atoms with Gasteiger partial charge in [-0.15, -0.1) is 0 Å². The first-order valence-electron chi connectivity index (χ1n) is 11.1. The van der Waals surface area contributed by atoms with Crippen LogP contribution in [0.2, 0.25) is 0 Å². The van der Waals surface area contributed by atoms with E-state index in [0.29, 0.717) is 16.7 Å². The minimum absolute atomic E-state index is 0.0210. The summed E-state index contributed by atoms with van der Waals surface area (Å²) < 4.78 is 92.9. The zero-order chi connectivity index (χ0) is 26.2. The van der Waals surface area contributed by atoms with Gasteiger partial charge >= 0.3 is 12.4 Å². The first kappa shape index (κ1) is 25.8. The third-order valence-electron chi connectivity index (χ3n) is 6.20. The molecule has 2 unspecified atom stereocenters. The van der Waals surface area contributed by atoms with E-state index in [2.05, 4.69) is 5.92 Å². The first-order valence-corrected chi connectivity index (χ1v) is 11.1. The van der Waals surface area contributed by atoms with Crippen LogP contribution in [0.4, 0.5) is 26.3 Å². The van der Waals surface area contributed by atoms with Crippen LogP contribution in [0.15, 0.2) is 72.8 Å². The molecule has 0 saturated carbocycles. The molecule has 3 aromatic carbocycles. The van der Waals surface area contributed by atoms with Gasteiger partial charge < -0.3 is 9.47 Å². The molecule has 2 nitrogen and oxygen atoms in total. The van der Waals surface area contributed by atoms with E-state index in [9.17, 15) is 26.3 Å². The zero-order valence-corrected chi connectivity index (χ0v) is 19.4. The van der Waals surface area contributed by atoms with Crippen LogP contribution in [0.5, 0.6) is 0 Å². The lowest BCUT2D eigenvalue weighted by Crippen LogP contribution is -2.27. The summed E-state index contributed by atoms with van der Waals surface area (Å²) in [5.74, 6) is 3.34. The van der Waals surface area contributed by atoms with E-state index in [4.69, 9.17) is 9.47 Å². The Labute approximate surface area is 204 Å². The van der Waals surface area contributed by atoms with Crippen molar-refractivity contribution in [2.75, 3.05) is 0 Å². The molecule has 2 atom stereocenters. The number of halogens is 6. The lowest BCUT2D eigenvalue weighted by Gasteiger charge is -2.29. The van der Waals surface area contributed by atoms with Gasteiger partial charge in [-0.3, -0.25) is 0 Å². The number of ether oxygens (including phenoxy) is 2.